The van der Waals surface area contributed by atoms with Crippen LogP contribution in [0.2, 0.25) is 0 Å². The number of esters is 1. The predicted octanol–water partition coefficient (Wildman–Crippen LogP) is 3.14. The molecule has 2 atom stereocenters. The summed E-state index contributed by atoms with van der Waals surface area (Å²) >= 11 is 0. The average molecular weight is 615 g/mol. The molecule has 4 N–H and O–H groups in total. The minimum absolute atomic E-state index is 0.00509. The molecule has 1 spiro atoms. The van der Waals surface area contributed by atoms with Gasteiger partial charge in [-0.25, -0.2) is 0 Å². The molecule has 0 bridgehead atoms. The summed E-state index contributed by atoms with van der Waals surface area (Å²) in [6.45, 7) is 6.36. The molecule has 3 aliphatic rings. The number of likely N-dealkylation sites (tertiary alicyclic amines) is 1. The molecule has 11 heteroatoms. The number of nitrogen functional groups attached to an aromatic ring is 1. The molecular weight excluding hydrogens is 576 g/mol. The number of nitrogens with two attached hydrogens (primary N) is 2. The fraction of sp³-hybridized carbons (Fsp3) is 0.441. The summed E-state index contributed by atoms with van der Waals surface area (Å²) in [6, 6.07) is 8.57. The van der Waals surface area contributed by atoms with Crippen molar-refractivity contribution in [2.75, 3.05) is 25.9 Å². The monoisotopic (exact) mass is 614 g/mol. The van der Waals surface area contributed by atoms with Gasteiger partial charge in [0, 0.05) is 36.6 Å². The van der Waals surface area contributed by atoms with Crippen LogP contribution < -0.4 is 16.2 Å². The molecule has 2 heterocycles. The number of rotatable bonds is 7. The van der Waals surface area contributed by atoms with Crippen molar-refractivity contribution in [3.8, 4) is 17.6 Å². The van der Waals surface area contributed by atoms with Gasteiger partial charge in [-0.05, 0) is 82.2 Å². The number of anilines is 1. The normalized spacial score (nSPS) is 19.0. The van der Waals surface area contributed by atoms with Gasteiger partial charge in [0.05, 0.1) is 23.9 Å². The summed E-state index contributed by atoms with van der Waals surface area (Å²) in [6.07, 6.45) is 2.17. The first kappa shape index (κ1) is 31.6. The smallest absolute Gasteiger partial charge is 0.306 e. The van der Waals surface area contributed by atoms with Crippen LogP contribution in [0.15, 0.2) is 36.4 Å². The SMILES string of the molecule is COc1cc(C(=O)N2CCC3(CC2)C[C@@H]3C#Cc2cccc3c2C(=O)N([C@@H](CCC(=O)OC(C)(C)C)C(N)=O)C3=O)ccc1N. The summed E-state index contributed by atoms with van der Waals surface area (Å²) in [5.41, 5.74) is 12.4. The van der Waals surface area contributed by atoms with Crippen LogP contribution in [0.3, 0.4) is 0 Å². The molecule has 11 nitrogen and oxygen atoms in total. The van der Waals surface area contributed by atoms with Gasteiger partial charge in [0.2, 0.25) is 5.91 Å². The van der Waals surface area contributed by atoms with Crippen LogP contribution in [0.1, 0.15) is 89.5 Å². The van der Waals surface area contributed by atoms with Crippen LogP contribution in [0.25, 0.3) is 0 Å². The van der Waals surface area contributed by atoms with Crippen molar-refractivity contribution < 1.29 is 33.4 Å². The summed E-state index contributed by atoms with van der Waals surface area (Å²) in [4.78, 5) is 67.2. The number of carbonyl (C=O) groups excluding carboxylic acids is 5. The maximum atomic E-state index is 13.5. The van der Waals surface area contributed by atoms with Gasteiger partial charge < -0.3 is 25.8 Å². The Morgan fingerprint density at radius 3 is 2.44 bits per heavy atom. The summed E-state index contributed by atoms with van der Waals surface area (Å²) in [5.74, 6) is 4.16. The maximum Gasteiger partial charge on any atom is 0.306 e. The Morgan fingerprint density at radius 2 is 1.80 bits per heavy atom. The summed E-state index contributed by atoms with van der Waals surface area (Å²) < 4.78 is 10.6. The standard InChI is InChI=1S/C34H38N4O7/c1-33(2,3)45-27(39)13-12-25(29(36)40)38-31(42)23-7-5-6-20(28(23)32(38)43)8-10-22-19-34(22)14-16-37(17-15-34)30(41)21-9-11-24(35)26(18-21)44-4/h5-7,9,11,18,22,25H,12-17,19,35H2,1-4H3,(H2,36,40)/t22-,25-/m0/s1. The first-order valence-electron chi connectivity index (χ1n) is 15.0. The molecule has 2 aromatic carbocycles. The van der Waals surface area contributed by atoms with Crippen molar-refractivity contribution in [1.82, 2.24) is 9.80 Å². The van der Waals surface area contributed by atoms with Gasteiger partial charge in [-0.1, -0.05) is 17.9 Å². The van der Waals surface area contributed by atoms with Crippen molar-refractivity contribution in [2.45, 2.75) is 64.5 Å². The van der Waals surface area contributed by atoms with Gasteiger partial charge in [0.15, 0.2) is 0 Å². The number of methoxy groups -OCH3 is 1. The third-order valence-electron chi connectivity index (χ3n) is 8.73. The van der Waals surface area contributed by atoms with Gasteiger partial charge in [0.1, 0.15) is 17.4 Å². The number of hydrogen-bond acceptors (Lipinski definition) is 8. The third kappa shape index (κ3) is 6.36. The summed E-state index contributed by atoms with van der Waals surface area (Å²) in [7, 11) is 1.51. The highest BCUT2D eigenvalue weighted by Gasteiger charge is 2.54. The number of primary amides is 1. The number of hydrogen-bond donors (Lipinski definition) is 2. The average Bonchev–Trinajstić information content (AvgIpc) is 3.59. The molecule has 2 aliphatic heterocycles. The molecular formula is C34H38N4O7. The van der Waals surface area contributed by atoms with E-state index in [2.05, 4.69) is 11.8 Å². The van der Waals surface area contributed by atoms with Gasteiger partial charge in [0.25, 0.3) is 17.7 Å². The first-order valence-corrected chi connectivity index (χ1v) is 15.0. The van der Waals surface area contributed by atoms with Crippen LogP contribution >= 0.6 is 0 Å². The van der Waals surface area contributed by atoms with Crippen molar-refractivity contribution in [2.24, 2.45) is 17.1 Å². The van der Waals surface area contributed by atoms with Gasteiger partial charge in [-0.2, -0.15) is 0 Å². The third-order valence-corrected chi connectivity index (χ3v) is 8.73. The number of benzene rings is 2. The van der Waals surface area contributed by atoms with E-state index in [9.17, 15) is 24.0 Å². The van der Waals surface area contributed by atoms with E-state index in [1.54, 1.807) is 51.1 Å². The van der Waals surface area contributed by atoms with E-state index in [1.807, 2.05) is 4.90 Å². The van der Waals surface area contributed by atoms with Crippen LogP contribution in [0.5, 0.6) is 5.75 Å². The molecule has 0 radical (unpaired) electrons. The molecule has 45 heavy (non-hydrogen) atoms. The van der Waals surface area contributed by atoms with Gasteiger partial charge in [-0.15, -0.1) is 0 Å². The van der Waals surface area contributed by atoms with E-state index in [1.165, 1.54) is 13.2 Å². The van der Waals surface area contributed by atoms with Crippen molar-refractivity contribution in [3.63, 3.8) is 0 Å². The second-order valence-electron chi connectivity index (χ2n) is 12.9. The quantitative estimate of drug-likeness (QED) is 0.208. The number of carbonyl (C=O) groups is 5. The fourth-order valence-electron chi connectivity index (χ4n) is 6.19. The Bertz CT molecular complexity index is 1640. The predicted molar refractivity (Wildman–Crippen MR) is 165 cm³/mol. The van der Waals surface area contributed by atoms with Crippen molar-refractivity contribution in [3.05, 3.63) is 58.7 Å². The fourth-order valence-corrected chi connectivity index (χ4v) is 6.19. The lowest BCUT2D eigenvalue weighted by atomic mass is 9.90. The highest BCUT2D eigenvalue weighted by atomic mass is 16.6. The molecule has 2 fully saturated rings. The van der Waals surface area contributed by atoms with E-state index in [4.69, 9.17) is 20.9 Å². The Labute approximate surface area is 262 Å². The second-order valence-corrected chi connectivity index (χ2v) is 12.9. The number of fused-ring (bicyclic) bond motifs is 1. The molecule has 236 valence electrons. The Hall–Kier alpha value is -4.85. The van der Waals surface area contributed by atoms with E-state index >= 15 is 0 Å². The Kier molecular flexibility index (Phi) is 8.36. The Balaban J connectivity index is 1.25. The van der Waals surface area contributed by atoms with Crippen molar-refractivity contribution in [1.29, 1.82) is 0 Å². The minimum Gasteiger partial charge on any atom is -0.495 e. The van der Waals surface area contributed by atoms with E-state index in [0.717, 1.165) is 24.2 Å². The van der Waals surface area contributed by atoms with Crippen LogP contribution in [0, 0.1) is 23.2 Å². The molecule has 2 aromatic rings. The van der Waals surface area contributed by atoms with E-state index < -0.39 is 35.3 Å². The number of ether oxygens (including phenoxy) is 2. The number of nitrogens with zero attached hydrogens (tertiary/aromatic N) is 2. The zero-order chi connectivity index (χ0) is 32.7. The molecule has 1 aliphatic carbocycles. The van der Waals surface area contributed by atoms with E-state index in [-0.39, 0.29) is 41.2 Å². The number of amides is 4. The lowest BCUT2D eigenvalue weighted by Gasteiger charge is -2.32. The lowest BCUT2D eigenvalue weighted by Crippen LogP contribution is -2.48. The van der Waals surface area contributed by atoms with Gasteiger partial charge in [-0.3, -0.25) is 28.9 Å². The Morgan fingerprint density at radius 1 is 1.09 bits per heavy atom. The number of piperidine rings is 1. The molecule has 1 saturated heterocycles. The topological polar surface area (TPSA) is 162 Å². The van der Waals surface area contributed by atoms with Crippen LogP contribution in [-0.2, 0) is 14.3 Å². The maximum absolute atomic E-state index is 13.5. The first-order chi connectivity index (χ1) is 21.2. The molecule has 0 aromatic heterocycles. The molecule has 5 rings (SSSR count). The summed E-state index contributed by atoms with van der Waals surface area (Å²) in [5, 5.41) is 0. The zero-order valence-corrected chi connectivity index (χ0v) is 26.0. The second kappa shape index (κ2) is 11.9. The van der Waals surface area contributed by atoms with Gasteiger partial charge >= 0.3 is 5.97 Å². The molecule has 4 amide bonds. The molecule has 0 unspecified atom stereocenters. The largest absolute Gasteiger partial charge is 0.495 e. The van der Waals surface area contributed by atoms with Crippen LogP contribution in [0.4, 0.5) is 5.69 Å². The van der Waals surface area contributed by atoms with Crippen LogP contribution in [-0.4, -0.2) is 71.2 Å². The highest BCUT2D eigenvalue weighted by Crippen LogP contribution is 2.59. The zero-order valence-electron chi connectivity index (χ0n) is 26.0. The van der Waals surface area contributed by atoms with Crippen molar-refractivity contribution >= 4 is 35.3 Å². The number of imide groups is 1. The lowest BCUT2D eigenvalue weighted by molar-refractivity contribution is -0.155. The highest BCUT2D eigenvalue weighted by molar-refractivity contribution is 6.23. The van der Waals surface area contributed by atoms with E-state index in [0.29, 0.717) is 35.7 Å². The molecule has 1 saturated carbocycles. The minimum atomic E-state index is -1.31.